The Morgan fingerprint density at radius 3 is 2.45 bits per heavy atom. The number of carbonyl (C=O) groups is 2. The second-order valence-corrected chi connectivity index (χ2v) is 6.36. The molecule has 8 nitrogen and oxygen atoms in total. The van der Waals surface area contributed by atoms with Crippen molar-refractivity contribution in [2.45, 2.75) is 20.5 Å². The monoisotopic (exact) mass is 394 g/mol. The van der Waals surface area contributed by atoms with Gasteiger partial charge in [-0.05, 0) is 50.2 Å². The first-order valence-electron chi connectivity index (χ1n) is 9.01. The zero-order valence-corrected chi connectivity index (χ0v) is 16.4. The van der Waals surface area contributed by atoms with Crippen molar-refractivity contribution in [3.05, 3.63) is 71.1 Å². The number of amides is 3. The number of aryl methyl sites for hydroxylation is 2. The summed E-state index contributed by atoms with van der Waals surface area (Å²) in [4.78, 5) is 24.0. The summed E-state index contributed by atoms with van der Waals surface area (Å²) in [6, 6.07) is 13.4. The molecule has 3 rings (SSSR count). The van der Waals surface area contributed by atoms with Gasteiger partial charge in [-0.15, -0.1) is 0 Å². The summed E-state index contributed by atoms with van der Waals surface area (Å²) in [6.07, 6.45) is 0. The Bertz CT molecular complexity index is 1010. The Hall–Kier alpha value is -3.81. The largest absolute Gasteiger partial charge is 0.489 e. The summed E-state index contributed by atoms with van der Waals surface area (Å²) in [6.45, 7) is 3.99. The molecule has 0 radical (unpaired) electrons. The molecule has 0 saturated heterocycles. The molecule has 0 aliphatic carbocycles. The second kappa shape index (κ2) is 8.92. The van der Waals surface area contributed by atoms with Crippen LogP contribution in [0.1, 0.15) is 27.4 Å². The van der Waals surface area contributed by atoms with Crippen LogP contribution in [0.4, 0.5) is 16.2 Å². The third-order valence-corrected chi connectivity index (χ3v) is 4.27. The molecule has 3 N–H and O–H groups in total. The fraction of sp³-hybridized carbons (Fsp3) is 0.190. The summed E-state index contributed by atoms with van der Waals surface area (Å²) < 4.78 is 10.9. The Kier molecular flexibility index (Phi) is 6.13. The number of nitrogens with zero attached hydrogens (tertiary/aromatic N) is 1. The molecule has 3 amide bonds. The molecule has 0 unspecified atom stereocenters. The van der Waals surface area contributed by atoms with Crippen LogP contribution in [-0.4, -0.2) is 24.1 Å². The standard InChI is InChI=1S/C21H22N4O4/c1-13-19(14(2)29-25-13)12-28-18-9-4-6-15(10-18)20(26)23-16-7-5-8-17(11-16)24-21(27)22-3/h4-11H,12H2,1-3H3,(H,23,26)(H2,22,24,27). The fourth-order valence-corrected chi connectivity index (χ4v) is 2.66. The van der Waals surface area contributed by atoms with E-state index in [2.05, 4.69) is 21.1 Å². The lowest BCUT2D eigenvalue weighted by molar-refractivity contribution is 0.102. The molecule has 1 heterocycles. The van der Waals surface area contributed by atoms with E-state index < -0.39 is 0 Å². The minimum atomic E-state index is -0.336. The third kappa shape index (κ3) is 5.13. The lowest BCUT2D eigenvalue weighted by Crippen LogP contribution is -2.24. The molecule has 8 heteroatoms. The maximum Gasteiger partial charge on any atom is 0.318 e. The van der Waals surface area contributed by atoms with Crippen molar-refractivity contribution in [1.82, 2.24) is 10.5 Å². The van der Waals surface area contributed by atoms with Crippen molar-refractivity contribution >= 4 is 23.3 Å². The quantitative estimate of drug-likeness (QED) is 0.588. The molecular formula is C21H22N4O4. The van der Waals surface area contributed by atoms with Gasteiger partial charge < -0.3 is 25.2 Å². The summed E-state index contributed by atoms with van der Waals surface area (Å²) in [5.74, 6) is 0.985. The maximum atomic E-state index is 12.6. The van der Waals surface area contributed by atoms with Crippen LogP contribution in [0.2, 0.25) is 0 Å². The Morgan fingerprint density at radius 1 is 1.03 bits per heavy atom. The first-order chi connectivity index (χ1) is 14.0. The predicted octanol–water partition coefficient (Wildman–Crippen LogP) is 3.87. The number of urea groups is 1. The number of hydrogen-bond donors (Lipinski definition) is 3. The molecule has 2 aromatic carbocycles. The lowest BCUT2D eigenvalue weighted by atomic mass is 10.2. The first kappa shape index (κ1) is 19.9. The van der Waals surface area contributed by atoms with E-state index in [4.69, 9.17) is 9.26 Å². The van der Waals surface area contributed by atoms with Crippen molar-refractivity contribution in [3.8, 4) is 5.75 Å². The maximum absolute atomic E-state index is 12.6. The zero-order chi connectivity index (χ0) is 20.8. The van der Waals surface area contributed by atoms with Gasteiger partial charge >= 0.3 is 6.03 Å². The minimum Gasteiger partial charge on any atom is -0.489 e. The first-order valence-corrected chi connectivity index (χ1v) is 9.01. The number of aromatic nitrogens is 1. The van der Waals surface area contributed by atoms with Crippen LogP contribution in [-0.2, 0) is 6.61 Å². The minimum absolute atomic E-state index is 0.287. The van der Waals surface area contributed by atoms with Crippen molar-refractivity contribution in [1.29, 1.82) is 0 Å². The SMILES string of the molecule is CNC(=O)Nc1cccc(NC(=O)c2cccc(OCc3c(C)noc3C)c2)c1. The highest BCUT2D eigenvalue weighted by molar-refractivity contribution is 6.04. The number of rotatable bonds is 6. The third-order valence-electron chi connectivity index (χ3n) is 4.27. The van der Waals surface area contributed by atoms with Gasteiger partial charge in [-0.1, -0.05) is 17.3 Å². The number of carbonyl (C=O) groups excluding carboxylic acids is 2. The molecule has 0 aliphatic rings. The van der Waals surface area contributed by atoms with Gasteiger partial charge in [0.2, 0.25) is 0 Å². The molecule has 0 aliphatic heterocycles. The highest BCUT2D eigenvalue weighted by atomic mass is 16.5. The van der Waals surface area contributed by atoms with E-state index in [-0.39, 0.29) is 11.9 Å². The molecule has 0 fully saturated rings. The van der Waals surface area contributed by atoms with Gasteiger partial charge in [0.05, 0.1) is 11.3 Å². The molecule has 0 spiro atoms. The molecule has 3 aromatic rings. The molecule has 0 atom stereocenters. The molecule has 29 heavy (non-hydrogen) atoms. The van der Waals surface area contributed by atoms with Crippen LogP contribution in [0.5, 0.6) is 5.75 Å². The van der Waals surface area contributed by atoms with Gasteiger partial charge in [0, 0.05) is 24.0 Å². The van der Waals surface area contributed by atoms with E-state index in [1.807, 2.05) is 13.8 Å². The Labute approximate surface area is 168 Å². The second-order valence-electron chi connectivity index (χ2n) is 6.36. The van der Waals surface area contributed by atoms with Gasteiger partial charge in [-0.3, -0.25) is 4.79 Å². The molecule has 0 saturated carbocycles. The summed E-state index contributed by atoms with van der Waals surface area (Å²) in [5.41, 5.74) is 3.25. The van der Waals surface area contributed by atoms with Crippen molar-refractivity contribution in [2.24, 2.45) is 0 Å². The highest BCUT2D eigenvalue weighted by Crippen LogP contribution is 2.20. The number of ether oxygens (including phenoxy) is 1. The average Bonchev–Trinajstić information content (AvgIpc) is 3.04. The van der Waals surface area contributed by atoms with Crippen LogP contribution in [0, 0.1) is 13.8 Å². The zero-order valence-electron chi connectivity index (χ0n) is 16.4. The van der Waals surface area contributed by atoms with E-state index in [1.54, 1.807) is 48.5 Å². The lowest BCUT2D eigenvalue weighted by Gasteiger charge is -2.10. The Balaban J connectivity index is 1.66. The van der Waals surface area contributed by atoms with Gasteiger partial charge in [0.15, 0.2) is 0 Å². The van der Waals surface area contributed by atoms with Crippen LogP contribution in [0.25, 0.3) is 0 Å². The predicted molar refractivity (Wildman–Crippen MR) is 109 cm³/mol. The van der Waals surface area contributed by atoms with Crippen molar-refractivity contribution in [3.63, 3.8) is 0 Å². The van der Waals surface area contributed by atoms with Crippen LogP contribution < -0.4 is 20.7 Å². The fourth-order valence-electron chi connectivity index (χ4n) is 2.66. The number of anilines is 2. The van der Waals surface area contributed by atoms with Crippen LogP contribution >= 0.6 is 0 Å². The Morgan fingerprint density at radius 2 is 1.76 bits per heavy atom. The topological polar surface area (TPSA) is 105 Å². The number of hydrogen-bond acceptors (Lipinski definition) is 5. The summed E-state index contributed by atoms with van der Waals surface area (Å²) in [5, 5.41) is 11.8. The highest BCUT2D eigenvalue weighted by Gasteiger charge is 2.11. The van der Waals surface area contributed by atoms with Gasteiger partial charge in [0.25, 0.3) is 5.91 Å². The van der Waals surface area contributed by atoms with Gasteiger partial charge in [-0.2, -0.15) is 0 Å². The van der Waals surface area contributed by atoms with E-state index in [9.17, 15) is 9.59 Å². The van der Waals surface area contributed by atoms with Crippen LogP contribution in [0.15, 0.2) is 53.1 Å². The van der Waals surface area contributed by atoms with E-state index in [1.165, 1.54) is 7.05 Å². The smallest absolute Gasteiger partial charge is 0.318 e. The summed E-state index contributed by atoms with van der Waals surface area (Å²) >= 11 is 0. The van der Waals surface area contributed by atoms with Crippen LogP contribution in [0.3, 0.4) is 0 Å². The molecule has 0 bridgehead atoms. The molecular weight excluding hydrogens is 372 g/mol. The molecule has 150 valence electrons. The number of benzene rings is 2. The van der Waals surface area contributed by atoms with Crippen molar-refractivity contribution in [2.75, 3.05) is 17.7 Å². The van der Waals surface area contributed by atoms with Crippen molar-refractivity contribution < 1.29 is 18.8 Å². The normalized spacial score (nSPS) is 10.3. The summed E-state index contributed by atoms with van der Waals surface area (Å²) in [7, 11) is 1.53. The van der Waals surface area contributed by atoms with Gasteiger partial charge in [-0.25, -0.2) is 4.79 Å². The molecule has 1 aromatic heterocycles. The number of nitrogens with one attached hydrogen (secondary N) is 3. The van der Waals surface area contributed by atoms with E-state index in [0.29, 0.717) is 35.1 Å². The average molecular weight is 394 g/mol. The van der Waals surface area contributed by atoms with Gasteiger partial charge in [0.1, 0.15) is 18.1 Å². The van der Waals surface area contributed by atoms with E-state index in [0.717, 1.165) is 11.3 Å². The van der Waals surface area contributed by atoms with E-state index >= 15 is 0 Å².